The first kappa shape index (κ1) is 29.7. The molecule has 10 rings (SSSR count). The van der Waals surface area contributed by atoms with Gasteiger partial charge in [-0.2, -0.15) is 0 Å². The maximum atomic E-state index is 7.97. The highest BCUT2D eigenvalue weighted by molar-refractivity contribution is 7.25. The fraction of sp³-hybridized carbons (Fsp3) is 0.0588. The van der Waals surface area contributed by atoms with Crippen LogP contribution in [-0.2, 0) is 0 Å². The molecule has 0 saturated carbocycles. The third-order valence-corrected chi connectivity index (χ3v) is 11.9. The Bertz CT molecular complexity index is 2960. The molecule has 10 aromatic rings. The summed E-state index contributed by atoms with van der Waals surface area (Å²) in [4.78, 5) is 0. The van der Waals surface area contributed by atoms with Crippen molar-refractivity contribution < 1.29 is 1.37 Å². The lowest BCUT2D eigenvalue weighted by atomic mass is 9.85. The Kier molecular flexibility index (Phi) is 7.04. The topological polar surface area (TPSA) is 0 Å². The van der Waals surface area contributed by atoms with Crippen LogP contribution in [-0.4, -0.2) is 0 Å². The molecule has 0 saturated heterocycles. The van der Waals surface area contributed by atoms with Crippen molar-refractivity contribution in [3.05, 3.63) is 181 Å². The lowest BCUT2D eigenvalue weighted by Crippen LogP contribution is -1.91. The van der Waals surface area contributed by atoms with Crippen LogP contribution in [0.4, 0.5) is 0 Å². The van der Waals surface area contributed by atoms with E-state index in [-0.39, 0.29) is 0 Å². The highest BCUT2D eigenvalue weighted by atomic mass is 32.1. The normalized spacial score (nSPS) is 12.1. The van der Waals surface area contributed by atoms with Gasteiger partial charge in [0.25, 0.3) is 0 Å². The summed E-state index contributed by atoms with van der Waals surface area (Å²) in [5.41, 5.74) is 11.2. The fourth-order valence-electron chi connectivity index (χ4n) is 8.05. The zero-order valence-corrected chi connectivity index (χ0v) is 30.0. The molecule has 52 heavy (non-hydrogen) atoms. The second-order valence-corrected chi connectivity index (χ2v) is 15.3. The Hall–Kier alpha value is -6.02. The summed E-state index contributed by atoms with van der Waals surface area (Å²) in [5, 5.41) is 9.96. The molecule has 9 aromatic carbocycles. The SMILES string of the molecule is [2H]c1ccc2cc(-c3ccc(-c4c5ccccc5c(-c5ccc(-c6ccc7sc8cc(C(C)C)ccc8c7c6)cc5)c5ccccc45)cc3)ccc2c1. The van der Waals surface area contributed by atoms with E-state index in [1.165, 1.54) is 91.8 Å². The van der Waals surface area contributed by atoms with Crippen molar-refractivity contribution >= 4 is 63.8 Å². The van der Waals surface area contributed by atoms with Crippen LogP contribution in [0.25, 0.3) is 97.0 Å². The summed E-state index contributed by atoms with van der Waals surface area (Å²) in [7, 11) is 0. The lowest BCUT2D eigenvalue weighted by molar-refractivity contribution is 0.869. The quantitative estimate of drug-likeness (QED) is 0.159. The van der Waals surface area contributed by atoms with Crippen LogP contribution in [0.2, 0.25) is 0 Å². The molecule has 0 nitrogen and oxygen atoms in total. The van der Waals surface area contributed by atoms with Crippen molar-refractivity contribution in [3.8, 4) is 44.5 Å². The maximum Gasteiger partial charge on any atom is 0.0623 e. The van der Waals surface area contributed by atoms with Crippen LogP contribution in [0, 0.1) is 0 Å². The van der Waals surface area contributed by atoms with Crippen LogP contribution in [0.3, 0.4) is 0 Å². The number of thiophene rings is 1. The Morgan fingerprint density at radius 1 is 0.385 bits per heavy atom. The van der Waals surface area contributed by atoms with Crippen LogP contribution in [0.15, 0.2) is 176 Å². The van der Waals surface area contributed by atoms with Gasteiger partial charge in [0.1, 0.15) is 0 Å². The van der Waals surface area contributed by atoms with Gasteiger partial charge in [-0.15, -0.1) is 11.3 Å². The van der Waals surface area contributed by atoms with Gasteiger partial charge < -0.3 is 0 Å². The summed E-state index contributed by atoms with van der Waals surface area (Å²) in [6.45, 7) is 4.53. The second-order valence-electron chi connectivity index (χ2n) is 14.2. The van der Waals surface area contributed by atoms with Crippen molar-refractivity contribution in [3.63, 3.8) is 0 Å². The van der Waals surface area contributed by atoms with Gasteiger partial charge in [0.2, 0.25) is 0 Å². The van der Waals surface area contributed by atoms with E-state index in [1.807, 2.05) is 29.5 Å². The van der Waals surface area contributed by atoms with E-state index in [0.29, 0.717) is 12.0 Å². The Morgan fingerprint density at radius 3 is 1.52 bits per heavy atom. The number of hydrogen-bond acceptors (Lipinski definition) is 1. The van der Waals surface area contributed by atoms with E-state index >= 15 is 0 Å². The number of rotatable bonds is 5. The molecule has 0 unspecified atom stereocenters. The molecule has 1 heterocycles. The second kappa shape index (κ2) is 12.3. The molecule has 0 amide bonds. The highest BCUT2D eigenvalue weighted by Crippen LogP contribution is 2.45. The number of benzene rings is 9. The predicted octanol–water partition coefficient (Wildman–Crippen LogP) is 15.3. The number of hydrogen-bond donors (Lipinski definition) is 0. The Morgan fingerprint density at radius 2 is 0.923 bits per heavy atom. The molecule has 0 aliphatic heterocycles. The minimum atomic E-state index is 0.525. The van der Waals surface area contributed by atoms with Gasteiger partial charge in [0, 0.05) is 20.2 Å². The van der Waals surface area contributed by atoms with Gasteiger partial charge in [-0.25, -0.2) is 0 Å². The minimum Gasteiger partial charge on any atom is -0.135 e. The van der Waals surface area contributed by atoms with Crippen molar-refractivity contribution in [2.75, 3.05) is 0 Å². The molecular formula is C51H36S. The standard InChI is InChI=1S/C51H36S/c1-32(2)38-25-27-42-47-30-41(26-28-48(47)52-49(42)31-38)35-17-22-37(23-18-35)51-45-13-7-5-11-43(45)50(44-12-6-8-14-46(44)51)36-20-15-34(16-21-36)40-24-19-33-9-3-4-10-39(33)29-40/h3-32H,1-2H3/i3D. The summed E-state index contributed by atoms with van der Waals surface area (Å²) < 4.78 is 10.7. The van der Waals surface area contributed by atoms with E-state index in [9.17, 15) is 0 Å². The van der Waals surface area contributed by atoms with E-state index in [2.05, 4.69) is 166 Å². The molecule has 0 fully saturated rings. The average molecular weight is 682 g/mol. The molecule has 0 aliphatic rings. The molecule has 0 N–H and O–H groups in total. The molecule has 246 valence electrons. The fourth-order valence-corrected chi connectivity index (χ4v) is 9.18. The van der Waals surface area contributed by atoms with Crippen molar-refractivity contribution in [1.82, 2.24) is 0 Å². The molecule has 1 aromatic heterocycles. The van der Waals surface area contributed by atoms with Crippen molar-refractivity contribution in [1.29, 1.82) is 0 Å². The number of fused-ring (bicyclic) bond motifs is 6. The first-order chi connectivity index (χ1) is 26.0. The Balaban J connectivity index is 1.05. The third kappa shape index (κ3) is 5.12. The van der Waals surface area contributed by atoms with Gasteiger partial charge in [-0.05, 0) is 113 Å². The summed E-state index contributed by atoms with van der Waals surface area (Å²) >= 11 is 1.89. The maximum absolute atomic E-state index is 7.97. The molecule has 0 atom stereocenters. The average Bonchev–Trinajstić information content (AvgIpc) is 3.57. The first-order valence-corrected chi connectivity index (χ1v) is 18.9. The van der Waals surface area contributed by atoms with Gasteiger partial charge >= 0.3 is 0 Å². The minimum absolute atomic E-state index is 0.525. The van der Waals surface area contributed by atoms with E-state index in [4.69, 9.17) is 1.37 Å². The third-order valence-electron chi connectivity index (χ3n) is 10.8. The Labute approximate surface area is 309 Å². The van der Waals surface area contributed by atoms with Gasteiger partial charge in [0.15, 0.2) is 0 Å². The van der Waals surface area contributed by atoms with E-state index in [1.54, 1.807) is 0 Å². The largest absolute Gasteiger partial charge is 0.135 e. The van der Waals surface area contributed by atoms with Crippen molar-refractivity contribution in [2.45, 2.75) is 19.8 Å². The molecule has 0 aliphatic carbocycles. The molecule has 1 heteroatoms. The zero-order valence-electron chi connectivity index (χ0n) is 30.2. The van der Waals surface area contributed by atoms with Crippen LogP contribution in [0.5, 0.6) is 0 Å². The predicted molar refractivity (Wildman–Crippen MR) is 228 cm³/mol. The molecule has 0 bridgehead atoms. The van der Waals surface area contributed by atoms with E-state index < -0.39 is 0 Å². The van der Waals surface area contributed by atoms with Crippen LogP contribution < -0.4 is 0 Å². The summed E-state index contributed by atoms with van der Waals surface area (Å²) in [6.07, 6.45) is 0. The van der Waals surface area contributed by atoms with Crippen LogP contribution >= 0.6 is 11.3 Å². The monoisotopic (exact) mass is 681 g/mol. The molecule has 0 spiro atoms. The zero-order chi connectivity index (χ0) is 35.6. The first-order valence-electron chi connectivity index (χ1n) is 18.6. The van der Waals surface area contributed by atoms with Crippen LogP contribution in [0.1, 0.15) is 26.7 Å². The van der Waals surface area contributed by atoms with Crippen molar-refractivity contribution in [2.24, 2.45) is 0 Å². The molecule has 0 radical (unpaired) electrons. The lowest BCUT2D eigenvalue weighted by Gasteiger charge is -2.18. The molecular weight excluding hydrogens is 645 g/mol. The van der Waals surface area contributed by atoms with E-state index in [0.717, 1.165) is 10.8 Å². The van der Waals surface area contributed by atoms with Gasteiger partial charge in [-0.3, -0.25) is 0 Å². The summed E-state index contributed by atoms with van der Waals surface area (Å²) in [5.74, 6) is 0.525. The summed E-state index contributed by atoms with van der Waals surface area (Å²) in [6, 6.07) is 62.7. The van der Waals surface area contributed by atoms with Gasteiger partial charge in [0.05, 0.1) is 1.37 Å². The smallest absolute Gasteiger partial charge is 0.0623 e. The highest BCUT2D eigenvalue weighted by Gasteiger charge is 2.17. The van der Waals surface area contributed by atoms with Gasteiger partial charge in [-0.1, -0.05) is 165 Å².